The Hall–Kier alpha value is -3.13. The fourth-order valence-electron chi connectivity index (χ4n) is 3.71. The first-order valence-electron chi connectivity index (χ1n) is 10.00. The van der Waals surface area contributed by atoms with Gasteiger partial charge < -0.3 is 10.1 Å². The number of aromatic nitrogens is 3. The molecule has 2 aromatic carbocycles. The minimum Gasteiger partial charge on any atom is -0.495 e. The van der Waals surface area contributed by atoms with Gasteiger partial charge in [0.15, 0.2) is 0 Å². The minimum absolute atomic E-state index is 0.0833. The highest BCUT2D eigenvalue weighted by Gasteiger charge is 2.23. The van der Waals surface area contributed by atoms with Gasteiger partial charge >= 0.3 is 5.69 Å². The van der Waals surface area contributed by atoms with Crippen molar-refractivity contribution in [3.05, 3.63) is 80.7 Å². The molecule has 1 N–H and O–H groups in total. The average molecular weight is 445 g/mol. The zero-order valence-corrected chi connectivity index (χ0v) is 17.7. The van der Waals surface area contributed by atoms with Gasteiger partial charge in [-0.05, 0) is 48.7 Å². The molecule has 9 heteroatoms. The second-order valence-electron chi connectivity index (χ2n) is 7.48. The summed E-state index contributed by atoms with van der Waals surface area (Å²) in [6.45, 7) is 0.753. The highest BCUT2D eigenvalue weighted by Crippen LogP contribution is 2.25. The molecular weight excluding hydrogens is 423 g/mol. The van der Waals surface area contributed by atoms with E-state index in [0.29, 0.717) is 48.0 Å². The van der Waals surface area contributed by atoms with Gasteiger partial charge in [0.2, 0.25) is 0 Å². The number of ether oxygens (including phenoxy) is 1. The molecule has 1 atom stereocenters. The summed E-state index contributed by atoms with van der Waals surface area (Å²) in [5, 5.41) is 7.85. The molecule has 0 saturated carbocycles. The summed E-state index contributed by atoms with van der Waals surface area (Å²) in [4.78, 5) is 25.4. The molecule has 162 valence electrons. The van der Waals surface area contributed by atoms with Crippen LogP contribution in [-0.4, -0.2) is 33.4 Å². The number of aryl methyl sites for hydroxylation is 1. The number of methoxy groups -OCH3 is 1. The van der Waals surface area contributed by atoms with Crippen LogP contribution in [0.25, 0.3) is 0 Å². The first-order chi connectivity index (χ1) is 14.9. The van der Waals surface area contributed by atoms with Crippen LogP contribution >= 0.6 is 11.6 Å². The monoisotopic (exact) mass is 444 g/mol. The van der Waals surface area contributed by atoms with Crippen LogP contribution in [0.5, 0.6) is 5.75 Å². The molecule has 1 amide bonds. The maximum absolute atomic E-state index is 13.1. The Kier molecular flexibility index (Phi) is 6.08. The van der Waals surface area contributed by atoms with Crippen molar-refractivity contribution in [3.63, 3.8) is 0 Å². The third kappa shape index (κ3) is 4.64. The molecule has 4 rings (SSSR count). The van der Waals surface area contributed by atoms with Crippen molar-refractivity contribution >= 4 is 17.5 Å². The molecular formula is C22H22ClFN4O3. The largest absolute Gasteiger partial charge is 0.495 e. The fourth-order valence-corrected chi connectivity index (χ4v) is 3.97. The lowest BCUT2D eigenvalue weighted by molar-refractivity contribution is 0.0933. The normalized spacial score (nSPS) is 15.8. The van der Waals surface area contributed by atoms with Gasteiger partial charge in [0.25, 0.3) is 5.91 Å². The number of hydrogen-bond acceptors (Lipinski definition) is 4. The molecule has 2 heterocycles. The van der Waals surface area contributed by atoms with Crippen molar-refractivity contribution in [3.8, 4) is 5.75 Å². The molecule has 1 aliphatic rings. The van der Waals surface area contributed by atoms with Crippen LogP contribution in [0.1, 0.15) is 34.6 Å². The third-order valence-electron chi connectivity index (χ3n) is 5.41. The van der Waals surface area contributed by atoms with Crippen LogP contribution in [0.4, 0.5) is 4.39 Å². The highest BCUT2D eigenvalue weighted by molar-refractivity contribution is 6.32. The smallest absolute Gasteiger partial charge is 0.346 e. The molecule has 1 unspecified atom stereocenters. The number of nitrogens with zero attached hydrogens (tertiary/aromatic N) is 3. The van der Waals surface area contributed by atoms with Crippen molar-refractivity contribution in [1.29, 1.82) is 0 Å². The van der Waals surface area contributed by atoms with E-state index in [1.807, 2.05) is 0 Å². The Morgan fingerprint density at radius 2 is 2.03 bits per heavy atom. The van der Waals surface area contributed by atoms with E-state index in [0.717, 1.165) is 5.56 Å². The van der Waals surface area contributed by atoms with E-state index < -0.39 is 0 Å². The van der Waals surface area contributed by atoms with Gasteiger partial charge in [-0.3, -0.25) is 9.36 Å². The van der Waals surface area contributed by atoms with E-state index >= 15 is 0 Å². The van der Waals surface area contributed by atoms with Crippen molar-refractivity contribution in [2.24, 2.45) is 0 Å². The second kappa shape index (κ2) is 8.93. The van der Waals surface area contributed by atoms with E-state index in [2.05, 4.69) is 10.4 Å². The van der Waals surface area contributed by atoms with E-state index in [-0.39, 0.29) is 30.0 Å². The Morgan fingerprint density at radius 3 is 2.74 bits per heavy atom. The molecule has 3 aromatic rings. The number of carbonyl (C=O) groups is 1. The molecule has 1 aromatic heterocycles. The number of carbonyl (C=O) groups excluding carboxylic acids is 1. The van der Waals surface area contributed by atoms with Crippen LogP contribution < -0.4 is 15.7 Å². The summed E-state index contributed by atoms with van der Waals surface area (Å²) in [6.07, 6.45) is 1.85. The van der Waals surface area contributed by atoms with Gasteiger partial charge in [-0.2, -0.15) is 5.10 Å². The maximum atomic E-state index is 13.1. The Balaban J connectivity index is 1.41. The summed E-state index contributed by atoms with van der Waals surface area (Å²) in [5.41, 5.74) is 1.06. The molecule has 0 radical (unpaired) electrons. The van der Waals surface area contributed by atoms with Crippen LogP contribution in [0.2, 0.25) is 5.02 Å². The quantitative estimate of drug-likeness (QED) is 0.656. The van der Waals surface area contributed by atoms with Crippen LogP contribution in [0.15, 0.2) is 47.3 Å². The van der Waals surface area contributed by atoms with Gasteiger partial charge in [-0.1, -0.05) is 23.7 Å². The molecule has 0 bridgehead atoms. The second-order valence-corrected chi connectivity index (χ2v) is 7.89. The van der Waals surface area contributed by atoms with Gasteiger partial charge in [0, 0.05) is 24.6 Å². The Bertz CT molecular complexity index is 1160. The maximum Gasteiger partial charge on any atom is 0.346 e. The first-order valence-corrected chi connectivity index (χ1v) is 10.4. The predicted molar refractivity (Wildman–Crippen MR) is 114 cm³/mol. The lowest BCUT2D eigenvalue weighted by atomic mass is 10.1. The van der Waals surface area contributed by atoms with Crippen LogP contribution in [0.3, 0.4) is 0 Å². The van der Waals surface area contributed by atoms with E-state index in [1.54, 1.807) is 34.9 Å². The molecule has 31 heavy (non-hydrogen) atoms. The number of rotatable bonds is 5. The van der Waals surface area contributed by atoms with E-state index in [9.17, 15) is 14.0 Å². The lowest BCUT2D eigenvalue weighted by Crippen LogP contribution is -2.35. The fraction of sp³-hybridized carbons (Fsp3) is 0.318. The van der Waals surface area contributed by atoms with Crippen LogP contribution in [-0.2, 0) is 19.5 Å². The van der Waals surface area contributed by atoms with Crippen molar-refractivity contribution in [2.45, 2.75) is 38.4 Å². The number of nitrogens with one attached hydrogen (secondary N) is 1. The SMILES string of the molecule is COc1ccc(C(=O)NC2CCc3nn(Cc4ccc(F)cc4)c(=O)n3CC2)cc1Cl. The third-order valence-corrected chi connectivity index (χ3v) is 5.71. The number of benzene rings is 2. The molecule has 0 aliphatic carbocycles. The molecule has 0 saturated heterocycles. The number of amides is 1. The molecule has 1 aliphatic heterocycles. The number of fused-ring (bicyclic) bond motifs is 1. The van der Waals surface area contributed by atoms with Gasteiger partial charge in [0.1, 0.15) is 17.4 Å². The van der Waals surface area contributed by atoms with Crippen molar-refractivity contribution in [2.75, 3.05) is 7.11 Å². The average Bonchev–Trinajstić information content (AvgIpc) is 2.92. The summed E-state index contributed by atoms with van der Waals surface area (Å²) >= 11 is 6.11. The first kappa shape index (κ1) is 21.1. The molecule has 7 nitrogen and oxygen atoms in total. The topological polar surface area (TPSA) is 78.2 Å². The Labute approximate surface area is 183 Å². The zero-order chi connectivity index (χ0) is 22.0. The van der Waals surface area contributed by atoms with E-state index in [4.69, 9.17) is 16.3 Å². The summed E-state index contributed by atoms with van der Waals surface area (Å²) in [6, 6.07) is 10.8. The summed E-state index contributed by atoms with van der Waals surface area (Å²) < 4.78 is 21.3. The Morgan fingerprint density at radius 1 is 1.26 bits per heavy atom. The lowest BCUT2D eigenvalue weighted by Gasteiger charge is -2.16. The zero-order valence-electron chi connectivity index (χ0n) is 17.0. The van der Waals surface area contributed by atoms with Crippen LogP contribution in [0, 0.1) is 5.82 Å². The molecule has 0 spiro atoms. The van der Waals surface area contributed by atoms with Gasteiger partial charge in [-0.25, -0.2) is 13.9 Å². The van der Waals surface area contributed by atoms with Gasteiger partial charge in [0.05, 0.1) is 18.7 Å². The molecule has 0 fully saturated rings. The number of halogens is 2. The predicted octanol–water partition coefficient (Wildman–Crippen LogP) is 3.03. The van der Waals surface area contributed by atoms with E-state index in [1.165, 1.54) is 23.9 Å². The minimum atomic E-state index is -0.318. The van der Waals surface area contributed by atoms with Crippen molar-refractivity contribution in [1.82, 2.24) is 19.7 Å². The number of hydrogen-bond donors (Lipinski definition) is 1. The summed E-state index contributed by atoms with van der Waals surface area (Å²) in [7, 11) is 1.52. The van der Waals surface area contributed by atoms with Gasteiger partial charge in [-0.15, -0.1) is 0 Å². The summed E-state index contributed by atoms with van der Waals surface area (Å²) in [5.74, 6) is 0.663. The highest BCUT2D eigenvalue weighted by atomic mass is 35.5. The van der Waals surface area contributed by atoms with Crippen molar-refractivity contribution < 1.29 is 13.9 Å². The standard InChI is InChI=1S/C22H22ClFN4O3/c1-31-19-8-4-15(12-18(19)23)21(29)25-17-7-9-20-26-28(22(30)27(20)11-10-17)13-14-2-5-16(24)6-3-14/h2-6,8,12,17H,7,9-11,13H2,1H3,(H,25,29).